The third kappa shape index (κ3) is 3.54. The zero-order valence-electron chi connectivity index (χ0n) is 13.2. The molecule has 2 atom stereocenters. The fourth-order valence-electron chi connectivity index (χ4n) is 3.08. The van der Waals surface area contributed by atoms with Crippen molar-refractivity contribution in [3.05, 3.63) is 46.3 Å². The number of aromatic amines is 1. The first-order chi connectivity index (χ1) is 11.1. The Morgan fingerprint density at radius 2 is 2.30 bits per heavy atom. The van der Waals surface area contributed by atoms with E-state index in [2.05, 4.69) is 20.1 Å². The lowest BCUT2D eigenvalue weighted by Gasteiger charge is -2.22. The molecule has 3 rings (SSSR count). The highest BCUT2D eigenvalue weighted by Crippen LogP contribution is 2.32. The highest BCUT2D eigenvalue weighted by molar-refractivity contribution is 6.31. The van der Waals surface area contributed by atoms with E-state index in [4.69, 9.17) is 16.3 Å². The van der Waals surface area contributed by atoms with E-state index in [-0.39, 0.29) is 18.0 Å². The van der Waals surface area contributed by atoms with Gasteiger partial charge in [0.25, 0.3) is 0 Å². The summed E-state index contributed by atoms with van der Waals surface area (Å²) in [5.41, 5.74) is 0.556. The standard InChI is InChI=1S/C16H20ClFN4O/c1-10-19-16(21-20-10)15-8-11(23-2)9-22(15)7-6-12-13(17)4-3-5-14(12)18/h3-5,11,15H,6-9H2,1-2H3,(H,19,20,21)/t11-,15+/m1/s1. The van der Waals surface area contributed by atoms with Crippen LogP contribution in [0, 0.1) is 12.7 Å². The molecular formula is C16H20ClFN4O. The Balaban J connectivity index is 1.74. The Bertz CT molecular complexity index is 658. The fraction of sp³-hybridized carbons (Fsp3) is 0.500. The number of aromatic nitrogens is 3. The zero-order valence-corrected chi connectivity index (χ0v) is 14.0. The molecule has 23 heavy (non-hydrogen) atoms. The monoisotopic (exact) mass is 338 g/mol. The second-order valence-electron chi connectivity index (χ2n) is 5.83. The van der Waals surface area contributed by atoms with Crippen molar-refractivity contribution in [2.75, 3.05) is 20.2 Å². The summed E-state index contributed by atoms with van der Waals surface area (Å²) >= 11 is 6.11. The summed E-state index contributed by atoms with van der Waals surface area (Å²) in [7, 11) is 1.71. The van der Waals surface area contributed by atoms with Crippen LogP contribution in [0.25, 0.3) is 0 Å². The molecule has 0 bridgehead atoms. The second kappa shape index (κ2) is 6.95. The van der Waals surface area contributed by atoms with Crippen molar-refractivity contribution in [1.29, 1.82) is 0 Å². The molecule has 1 fully saturated rings. The van der Waals surface area contributed by atoms with Gasteiger partial charge in [0.2, 0.25) is 0 Å². The maximum atomic E-state index is 13.9. The number of methoxy groups -OCH3 is 1. The molecule has 7 heteroatoms. The Morgan fingerprint density at radius 1 is 1.48 bits per heavy atom. The van der Waals surface area contributed by atoms with Gasteiger partial charge in [-0.3, -0.25) is 10.00 Å². The Hall–Kier alpha value is -1.50. The van der Waals surface area contributed by atoms with Gasteiger partial charge in [0.1, 0.15) is 11.6 Å². The van der Waals surface area contributed by atoms with E-state index in [0.717, 1.165) is 24.6 Å². The van der Waals surface area contributed by atoms with Crippen molar-refractivity contribution in [2.24, 2.45) is 0 Å². The molecule has 0 spiro atoms. The van der Waals surface area contributed by atoms with Crippen molar-refractivity contribution in [2.45, 2.75) is 31.9 Å². The highest BCUT2D eigenvalue weighted by atomic mass is 35.5. The lowest BCUT2D eigenvalue weighted by molar-refractivity contribution is 0.108. The van der Waals surface area contributed by atoms with E-state index >= 15 is 0 Å². The molecule has 1 aromatic heterocycles. The van der Waals surface area contributed by atoms with Crippen LogP contribution >= 0.6 is 11.6 Å². The van der Waals surface area contributed by atoms with Gasteiger partial charge in [0.15, 0.2) is 5.82 Å². The zero-order chi connectivity index (χ0) is 16.4. The van der Waals surface area contributed by atoms with E-state index < -0.39 is 0 Å². The van der Waals surface area contributed by atoms with Crippen LogP contribution in [0.3, 0.4) is 0 Å². The molecule has 1 aliphatic rings. The molecule has 0 unspecified atom stereocenters. The van der Waals surface area contributed by atoms with Gasteiger partial charge in [-0.15, -0.1) is 0 Å². The van der Waals surface area contributed by atoms with Gasteiger partial charge >= 0.3 is 0 Å². The lowest BCUT2D eigenvalue weighted by atomic mass is 10.1. The first-order valence-electron chi connectivity index (χ1n) is 7.67. The van der Waals surface area contributed by atoms with Crippen LogP contribution in [0.2, 0.25) is 5.02 Å². The number of halogens is 2. The summed E-state index contributed by atoms with van der Waals surface area (Å²) in [4.78, 5) is 6.67. The number of hydrogen-bond acceptors (Lipinski definition) is 4. The molecule has 0 saturated carbocycles. The van der Waals surface area contributed by atoms with Gasteiger partial charge < -0.3 is 4.74 Å². The largest absolute Gasteiger partial charge is 0.380 e. The first-order valence-corrected chi connectivity index (χ1v) is 8.05. The summed E-state index contributed by atoms with van der Waals surface area (Å²) in [6.45, 7) is 3.34. The van der Waals surface area contributed by atoms with E-state index in [1.807, 2.05) is 6.92 Å². The number of nitrogens with zero attached hydrogens (tertiary/aromatic N) is 3. The average molecular weight is 339 g/mol. The maximum absolute atomic E-state index is 13.9. The highest BCUT2D eigenvalue weighted by Gasteiger charge is 2.35. The Kier molecular flexibility index (Phi) is 4.94. The minimum absolute atomic E-state index is 0.0791. The maximum Gasteiger partial charge on any atom is 0.167 e. The van der Waals surface area contributed by atoms with Crippen molar-refractivity contribution < 1.29 is 9.13 Å². The Morgan fingerprint density at radius 3 is 2.96 bits per heavy atom. The van der Waals surface area contributed by atoms with Gasteiger partial charge in [0, 0.05) is 30.8 Å². The van der Waals surface area contributed by atoms with Crippen LogP contribution in [0.15, 0.2) is 18.2 Å². The number of H-pyrrole nitrogens is 1. The SMILES string of the molecule is CO[C@@H]1C[C@@H](c2n[nH]c(C)n2)N(CCc2c(F)cccc2Cl)C1. The minimum atomic E-state index is -0.259. The van der Waals surface area contributed by atoms with Crippen molar-refractivity contribution in [1.82, 2.24) is 20.1 Å². The van der Waals surface area contributed by atoms with Crippen LogP contribution in [0.4, 0.5) is 4.39 Å². The molecular weight excluding hydrogens is 319 g/mol. The van der Waals surface area contributed by atoms with E-state index in [0.29, 0.717) is 23.6 Å². The fourth-order valence-corrected chi connectivity index (χ4v) is 3.34. The minimum Gasteiger partial charge on any atom is -0.380 e. The molecule has 5 nitrogen and oxygen atoms in total. The van der Waals surface area contributed by atoms with Crippen LogP contribution in [0.1, 0.15) is 29.7 Å². The molecule has 1 N–H and O–H groups in total. The van der Waals surface area contributed by atoms with E-state index in [9.17, 15) is 4.39 Å². The number of likely N-dealkylation sites (tertiary alicyclic amines) is 1. The van der Waals surface area contributed by atoms with Crippen LogP contribution < -0.4 is 0 Å². The molecule has 0 aliphatic carbocycles. The topological polar surface area (TPSA) is 54.0 Å². The molecule has 1 saturated heterocycles. The smallest absolute Gasteiger partial charge is 0.167 e. The van der Waals surface area contributed by atoms with Crippen molar-refractivity contribution in [3.8, 4) is 0 Å². The lowest BCUT2D eigenvalue weighted by Crippen LogP contribution is -2.28. The number of rotatable bonds is 5. The third-order valence-corrected chi connectivity index (χ3v) is 4.68. The molecule has 2 heterocycles. The number of ether oxygens (including phenoxy) is 1. The van der Waals surface area contributed by atoms with Crippen LogP contribution in [-0.4, -0.2) is 46.4 Å². The second-order valence-corrected chi connectivity index (χ2v) is 6.24. The first kappa shape index (κ1) is 16.4. The summed E-state index contributed by atoms with van der Waals surface area (Å²) < 4.78 is 19.4. The normalized spacial score (nSPS) is 21.9. The molecule has 1 aromatic carbocycles. The van der Waals surface area contributed by atoms with Crippen LogP contribution in [-0.2, 0) is 11.2 Å². The van der Waals surface area contributed by atoms with Gasteiger partial charge in [-0.2, -0.15) is 5.10 Å². The number of nitrogens with one attached hydrogen (secondary N) is 1. The molecule has 124 valence electrons. The summed E-state index contributed by atoms with van der Waals surface area (Å²) in [6.07, 6.45) is 1.51. The molecule has 1 aliphatic heterocycles. The van der Waals surface area contributed by atoms with Gasteiger partial charge in [0.05, 0.1) is 12.1 Å². The quantitative estimate of drug-likeness (QED) is 0.910. The molecule has 0 amide bonds. The summed E-state index contributed by atoms with van der Waals surface area (Å²) in [5.74, 6) is 1.30. The van der Waals surface area contributed by atoms with Gasteiger partial charge in [-0.25, -0.2) is 9.37 Å². The van der Waals surface area contributed by atoms with E-state index in [1.54, 1.807) is 19.2 Å². The summed E-state index contributed by atoms with van der Waals surface area (Å²) in [6, 6.07) is 4.87. The van der Waals surface area contributed by atoms with Crippen LogP contribution in [0.5, 0.6) is 0 Å². The predicted molar refractivity (Wildman–Crippen MR) is 86.0 cm³/mol. The summed E-state index contributed by atoms with van der Waals surface area (Å²) in [5, 5.41) is 7.62. The average Bonchev–Trinajstić information content (AvgIpc) is 3.12. The van der Waals surface area contributed by atoms with Crippen molar-refractivity contribution >= 4 is 11.6 Å². The van der Waals surface area contributed by atoms with E-state index in [1.165, 1.54) is 6.07 Å². The Labute approximate surface area is 139 Å². The number of benzene rings is 1. The molecule has 2 aromatic rings. The van der Waals surface area contributed by atoms with Gasteiger partial charge in [-0.1, -0.05) is 17.7 Å². The number of aryl methyl sites for hydroxylation is 1. The van der Waals surface area contributed by atoms with Gasteiger partial charge in [-0.05, 0) is 31.9 Å². The van der Waals surface area contributed by atoms with Crippen molar-refractivity contribution in [3.63, 3.8) is 0 Å². The third-order valence-electron chi connectivity index (χ3n) is 4.32. The molecule has 0 radical (unpaired) electrons. The predicted octanol–water partition coefficient (Wildman–Crippen LogP) is 2.91. The number of hydrogen-bond donors (Lipinski definition) is 1.